The Morgan fingerprint density at radius 3 is 2.55 bits per heavy atom. The lowest BCUT2D eigenvalue weighted by Crippen LogP contribution is -2.32. The monoisotopic (exact) mass is 406 g/mol. The van der Waals surface area contributed by atoms with Gasteiger partial charge in [0, 0.05) is 6.42 Å². The van der Waals surface area contributed by atoms with Crippen LogP contribution in [0.25, 0.3) is 21.3 Å². The van der Waals surface area contributed by atoms with Gasteiger partial charge in [-0.2, -0.15) is 0 Å². The van der Waals surface area contributed by atoms with Crippen LogP contribution < -0.4 is 5.32 Å². The number of benzene rings is 2. The van der Waals surface area contributed by atoms with E-state index in [-0.39, 0.29) is 17.9 Å². The highest BCUT2D eigenvalue weighted by Gasteiger charge is 2.21. The van der Waals surface area contributed by atoms with Crippen LogP contribution in [-0.4, -0.2) is 20.9 Å². The zero-order valence-electron chi connectivity index (χ0n) is 16.8. The number of thiazole rings is 1. The van der Waals surface area contributed by atoms with Gasteiger partial charge in [0.1, 0.15) is 5.82 Å². The number of aromatic nitrogens is 3. The summed E-state index contributed by atoms with van der Waals surface area (Å²) in [7, 11) is 0. The minimum absolute atomic E-state index is 0.0773. The number of nitrogens with zero attached hydrogens (tertiary/aromatic N) is 2. The molecule has 0 spiro atoms. The molecule has 4 rings (SSSR count). The first-order valence-corrected chi connectivity index (χ1v) is 11.0. The van der Waals surface area contributed by atoms with Gasteiger partial charge in [-0.3, -0.25) is 4.79 Å². The number of carbonyl (C=O) groups is 1. The summed E-state index contributed by atoms with van der Waals surface area (Å²) < 4.78 is 1.23. The van der Waals surface area contributed by atoms with E-state index in [1.165, 1.54) is 4.70 Å². The first-order chi connectivity index (χ1) is 14.1. The van der Waals surface area contributed by atoms with Crippen LogP contribution in [0.5, 0.6) is 0 Å². The van der Waals surface area contributed by atoms with Crippen molar-refractivity contribution in [3.05, 3.63) is 59.4 Å². The molecule has 29 heavy (non-hydrogen) atoms. The first kappa shape index (κ1) is 19.6. The second-order valence-corrected chi connectivity index (χ2v) is 8.83. The molecule has 2 aromatic carbocycles. The van der Waals surface area contributed by atoms with Crippen LogP contribution in [0.3, 0.4) is 0 Å². The summed E-state index contributed by atoms with van der Waals surface area (Å²) in [5, 5.41) is 4.32. The molecule has 0 aliphatic heterocycles. The minimum Gasteiger partial charge on any atom is -0.346 e. The van der Waals surface area contributed by atoms with Crippen LogP contribution in [0.1, 0.15) is 50.0 Å². The fourth-order valence-corrected chi connectivity index (χ4v) is 4.51. The van der Waals surface area contributed by atoms with Gasteiger partial charge in [0.05, 0.1) is 32.3 Å². The minimum atomic E-state index is -0.112. The van der Waals surface area contributed by atoms with E-state index in [4.69, 9.17) is 0 Å². The summed E-state index contributed by atoms with van der Waals surface area (Å²) in [6, 6.07) is 16.1. The van der Waals surface area contributed by atoms with Gasteiger partial charge >= 0.3 is 0 Å². The maximum atomic E-state index is 12.5. The van der Waals surface area contributed by atoms with E-state index in [1.54, 1.807) is 11.3 Å². The Hall–Kier alpha value is -2.73. The average Bonchev–Trinajstić information content (AvgIpc) is 3.32. The highest BCUT2D eigenvalue weighted by molar-refractivity contribution is 7.18. The largest absolute Gasteiger partial charge is 0.346 e. The van der Waals surface area contributed by atoms with Crippen LogP contribution in [0.4, 0.5) is 0 Å². The molecule has 2 aromatic heterocycles. The van der Waals surface area contributed by atoms with E-state index in [0.29, 0.717) is 6.42 Å². The molecule has 0 aliphatic carbocycles. The second-order valence-electron chi connectivity index (χ2n) is 7.71. The number of aromatic amines is 1. The van der Waals surface area contributed by atoms with Crippen molar-refractivity contribution in [2.75, 3.05) is 0 Å². The number of hydrogen-bond donors (Lipinski definition) is 2. The number of carbonyl (C=O) groups excluding carboxylic acids is 1. The fourth-order valence-electron chi connectivity index (χ4n) is 3.50. The highest BCUT2D eigenvalue weighted by atomic mass is 32.1. The molecule has 1 atom stereocenters. The third-order valence-corrected chi connectivity index (χ3v) is 6.16. The predicted octanol–water partition coefficient (Wildman–Crippen LogP) is 5.40. The third-order valence-electron chi connectivity index (χ3n) is 5.07. The number of H-pyrrole nitrogens is 1. The molecule has 0 saturated carbocycles. The molecule has 4 aromatic rings. The molecular weight excluding hydrogens is 380 g/mol. The van der Waals surface area contributed by atoms with Crippen LogP contribution in [0.2, 0.25) is 0 Å². The quantitative estimate of drug-likeness (QED) is 0.385. The molecule has 0 fully saturated rings. The Morgan fingerprint density at radius 1 is 1.03 bits per heavy atom. The summed E-state index contributed by atoms with van der Waals surface area (Å²) in [6.45, 7) is 4.20. The summed E-state index contributed by atoms with van der Waals surface area (Å²) in [5.41, 5.74) is 2.99. The predicted molar refractivity (Wildman–Crippen MR) is 119 cm³/mol. The van der Waals surface area contributed by atoms with E-state index in [9.17, 15) is 4.79 Å². The van der Waals surface area contributed by atoms with Gasteiger partial charge in [-0.25, -0.2) is 9.97 Å². The summed E-state index contributed by atoms with van der Waals surface area (Å²) >= 11 is 1.75. The highest BCUT2D eigenvalue weighted by Crippen LogP contribution is 2.24. The topological polar surface area (TPSA) is 70.7 Å². The molecule has 0 aliphatic rings. The Balaban J connectivity index is 1.30. The van der Waals surface area contributed by atoms with Gasteiger partial charge < -0.3 is 10.3 Å². The van der Waals surface area contributed by atoms with E-state index in [2.05, 4.69) is 40.2 Å². The molecule has 6 heteroatoms. The lowest BCUT2D eigenvalue weighted by Gasteiger charge is -2.20. The number of amides is 1. The molecule has 0 bridgehead atoms. The van der Waals surface area contributed by atoms with E-state index in [1.807, 2.05) is 42.5 Å². The molecule has 2 N–H and O–H groups in total. The number of unbranched alkanes of at least 4 members (excludes halogenated alkanes) is 1. The number of fused-ring (bicyclic) bond motifs is 2. The van der Waals surface area contributed by atoms with Crippen LogP contribution in [0, 0.1) is 5.92 Å². The average molecular weight is 407 g/mol. The Labute approximate surface area is 174 Å². The number of aryl methyl sites for hydroxylation is 1. The van der Waals surface area contributed by atoms with Crippen molar-refractivity contribution in [1.29, 1.82) is 0 Å². The molecule has 2 heterocycles. The Bertz CT molecular complexity index is 1050. The smallest absolute Gasteiger partial charge is 0.220 e. The maximum absolute atomic E-state index is 12.5. The zero-order chi connectivity index (χ0) is 20.2. The van der Waals surface area contributed by atoms with Crippen LogP contribution in [0.15, 0.2) is 48.5 Å². The Morgan fingerprint density at radius 2 is 1.79 bits per heavy atom. The molecule has 1 unspecified atom stereocenters. The number of nitrogens with one attached hydrogen (secondary N) is 2. The van der Waals surface area contributed by atoms with Crippen molar-refractivity contribution < 1.29 is 4.79 Å². The number of imidazole rings is 1. The molecular formula is C23H26N4OS. The number of para-hydroxylation sites is 3. The fraction of sp³-hybridized carbons (Fsp3) is 0.348. The Kier molecular flexibility index (Phi) is 5.90. The molecule has 0 saturated heterocycles. The normalized spacial score (nSPS) is 12.7. The van der Waals surface area contributed by atoms with Crippen molar-refractivity contribution >= 4 is 38.5 Å². The van der Waals surface area contributed by atoms with Gasteiger partial charge in [0.25, 0.3) is 0 Å². The summed E-state index contributed by atoms with van der Waals surface area (Å²) in [5.74, 6) is 1.15. The van der Waals surface area contributed by atoms with Crippen molar-refractivity contribution in [3.8, 4) is 0 Å². The van der Waals surface area contributed by atoms with E-state index >= 15 is 0 Å². The molecule has 0 radical (unpaired) electrons. The summed E-state index contributed by atoms with van der Waals surface area (Å²) in [4.78, 5) is 25.2. The molecule has 5 nitrogen and oxygen atoms in total. The van der Waals surface area contributed by atoms with Crippen molar-refractivity contribution in [2.24, 2.45) is 5.92 Å². The van der Waals surface area contributed by atoms with E-state index < -0.39 is 0 Å². The summed E-state index contributed by atoms with van der Waals surface area (Å²) in [6.07, 6.45) is 3.26. The second kappa shape index (κ2) is 8.74. The van der Waals surface area contributed by atoms with Gasteiger partial charge in [-0.15, -0.1) is 11.3 Å². The number of hydrogen-bond acceptors (Lipinski definition) is 4. The van der Waals surface area contributed by atoms with Gasteiger partial charge in [-0.1, -0.05) is 38.1 Å². The van der Waals surface area contributed by atoms with E-state index in [0.717, 1.165) is 46.6 Å². The zero-order valence-corrected chi connectivity index (χ0v) is 17.6. The maximum Gasteiger partial charge on any atom is 0.220 e. The van der Waals surface area contributed by atoms with Crippen molar-refractivity contribution in [2.45, 2.75) is 45.6 Å². The third kappa shape index (κ3) is 4.65. The van der Waals surface area contributed by atoms with Crippen LogP contribution in [-0.2, 0) is 11.2 Å². The van der Waals surface area contributed by atoms with Crippen LogP contribution >= 0.6 is 11.3 Å². The standard InChI is InChI=1S/C23H26N4OS/c1-15(2)22(23-25-16-9-3-4-10-17(16)26-23)27-20(28)13-7-8-14-21-24-18-11-5-6-12-19(18)29-21/h3-6,9-12,15,22H,7-8,13-14H2,1-2H3,(H,25,26)(H,27,28). The SMILES string of the molecule is CC(C)C(NC(=O)CCCCc1nc2ccccc2s1)c1nc2ccccc2[nH]1. The van der Waals surface area contributed by atoms with Gasteiger partial charge in [0.2, 0.25) is 5.91 Å². The van der Waals surface area contributed by atoms with Gasteiger partial charge in [0.15, 0.2) is 0 Å². The lowest BCUT2D eigenvalue weighted by atomic mass is 10.0. The molecule has 1 amide bonds. The number of rotatable bonds is 8. The van der Waals surface area contributed by atoms with Gasteiger partial charge in [-0.05, 0) is 49.4 Å². The first-order valence-electron chi connectivity index (χ1n) is 10.2. The van der Waals surface area contributed by atoms with Crippen molar-refractivity contribution in [1.82, 2.24) is 20.3 Å². The lowest BCUT2D eigenvalue weighted by molar-refractivity contribution is -0.122. The molecule has 150 valence electrons. The van der Waals surface area contributed by atoms with Crippen molar-refractivity contribution in [3.63, 3.8) is 0 Å².